The van der Waals surface area contributed by atoms with Gasteiger partial charge in [-0.1, -0.05) is 34.8 Å². The van der Waals surface area contributed by atoms with Crippen LogP contribution in [0.3, 0.4) is 0 Å². The molecular formula is C30H30Cl3N9O9S6. The van der Waals surface area contributed by atoms with E-state index in [1.54, 1.807) is 19.9 Å². The average molecular weight is 959 g/mol. The lowest BCUT2D eigenvalue weighted by Gasteiger charge is -2.11. The van der Waals surface area contributed by atoms with Gasteiger partial charge in [-0.3, -0.25) is 14.2 Å². The molecule has 3 N–H and O–H groups in total. The first-order valence-corrected chi connectivity index (χ1v) is 23.3. The third-order valence-electron chi connectivity index (χ3n) is 6.53. The molecule has 0 spiro atoms. The Morgan fingerprint density at radius 1 is 0.526 bits per heavy atom. The van der Waals surface area contributed by atoms with Crippen molar-refractivity contribution in [2.45, 2.75) is 33.4 Å². The van der Waals surface area contributed by atoms with Gasteiger partial charge in [-0.05, 0) is 57.2 Å². The van der Waals surface area contributed by atoms with Gasteiger partial charge in [0.25, 0.3) is 47.7 Å². The molecule has 0 bridgehead atoms. The third-order valence-corrected chi connectivity index (χ3v) is 15.7. The number of ether oxygens (including phenoxy) is 3. The smallest absolute Gasteiger partial charge is 0.272 e. The normalized spacial score (nSPS) is 11.3. The molecule has 306 valence electrons. The van der Waals surface area contributed by atoms with E-state index in [0.717, 1.165) is 27.6 Å². The van der Waals surface area contributed by atoms with Crippen LogP contribution in [0.25, 0.3) is 0 Å². The molecule has 6 aromatic heterocycles. The number of aromatic nitrogens is 6. The van der Waals surface area contributed by atoms with Gasteiger partial charge in [0.15, 0.2) is 5.15 Å². The van der Waals surface area contributed by atoms with Crippen molar-refractivity contribution < 1.29 is 39.5 Å². The lowest BCUT2D eigenvalue weighted by atomic mass is 10.3. The van der Waals surface area contributed by atoms with E-state index in [1.165, 1.54) is 81.6 Å². The predicted molar refractivity (Wildman–Crippen MR) is 220 cm³/mol. The van der Waals surface area contributed by atoms with E-state index < -0.39 is 30.1 Å². The molecule has 0 aliphatic carbocycles. The number of hydrogen-bond donors (Lipinski definition) is 3. The molecule has 0 unspecified atom stereocenters. The highest BCUT2D eigenvalue weighted by Crippen LogP contribution is 2.31. The highest BCUT2D eigenvalue weighted by atomic mass is 35.5. The topological polar surface area (TPSA) is 244 Å². The van der Waals surface area contributed by atoms with E-state index in [2.05, 4.69) is 44.1 Å². The SMILES string of the molecule is COc1nc(C)c(C)nc1NS(=O)(=O)c1ccc(Cl)s1.COc1nc(Cl)cnc1NS(=O)(=O)c1ccc(C)s1.COc1nccnc1NS(=O)(=O)c1ccc(Cl)s1. The van der Waals surface area contributed by atoms with Crippen molar-refractivity contribution in [1.82, 2.24) is 29.9 Å². The first-order chi connectivity index (χ1) is 26.8. The van der Waals surface area contributed by atoms with Crippen molar-refractivity contribution in [3.8, 4) is 17.6 Å². The Labute approximate surface area is 354 Å². The number of hydrogen-bond acceptors (Lipinski definition) is 18. The van der Waals surface area contributed by atoms with Gasteiger partial charge in [-0.25, -0.2) is 50.2 Å². The summed E-state index contributed by atoms with van der Waals surface area (Å²) in [5.74, 6) is 0.329. The summed E-state index contributed by atoms with van der Waals surface area (Å²) in [7, 11) is -7.04. The Hall–Kier alpha value is -4.14. The molecule has 0 atom stereocenters. The van der Waals surface area contributed by atoms with Crippen LogP contribution in [-0.2, 0) is 30.1 Å². The molecule has 6 heterocycles. The standard InChI is InChI=1S/C11H12ClN3O3S2.C10H10ClN3O3S2.C9H8ClN3O3S2/c1-6-7(2)14-11(18-3)10(13-6)15-20(16,17)9-5-4-8(12)19-9;1-6-3-4-8(18-6)19(15,16)14-9-10(17-2)13-7(11)5-12-9;1-16-9-8(11-4-5-12-9)13-18(14,15)7-3-2-6(10)17-7/h4-5H,1-3H3,(H,13,15);3-5H,1-2H3,(H,12,14);2-5H,1H3,(H,11,13). The van der Waals surface area contributed by atoms with Crippen LogP contribution in [0, 0.1) is 20.8 Å². The zero-order valence-corrected chi connectivity index (χ0v) is 37.3. The first kappa shape index (κ1) is 45.6. The van der Waals surface area contributed by atoms with Crippen LogP contribution in [0.1, 0.15) is 16.3 Å². The molecule has 18 nitrogen and oxygen atoms in total. The summed E-state index contributed by atoms with van der Waals surface area (Å²) in [6, 6.07) is 9.12. The van der Waals surface area contributed by atoms with E-state index in [9.17, 15) is 25.3 Å². The molecule has 0 aliphatic heterocycles. The molecule has 0 saturated heterocycles. The summed E-state index contributed by atoms with van der Waals surface area (Å²) in [6.45, 7) is 5.33. The van der Waals surface area contributed by atoms with Crippen LogP contribution in [0.15, 0.2) is 67.6 Å². The van der Waals surface area contributed by atoms with Gasteiger partial charge < -0.3 is 14.2 Å². The zero-order valence-electron chi connectivity index (χ0n) is 30.1. The second kappa shape index (κ2) is 19.5. The maximum atomic E-state index is 12.2. The van der Waals surface area contributed by atoms with Crippen LogP contribution >= 0.6 is 68.8 Å². The molecular weight excluding hydrogens is 929 g/mol. The van der Waals surface area contributed by atoms with Gasteiger partial charge in [0.2, 0.25) is 17.5 Å². The molecule has 0 aliphatic rings. The zero-order chi connectivity index (χ0) is 42.1. The second-order valence-corrected chi connectivity index (χ2v) is 21.3. The Morgan fingerprint density at radius 3 is 1.44 bits per heavy atom. The lowest BCUT2D eigenvalue weighted by molar-refractivity contribution is 0.397. The van der Waals surface area contributed by atoms with Crippen molar-refractivity contribution in [1.29, 1.82) is 0 Å². The van der Waals surface area contributed by atoms with Gasteiger partial charge in [-0.15, -0.1) is 34.0 Å². The van der Waals surface area contributed by atoms with Crippen LogP contribution in [0.2, 0.25) is 13.8 Å². The lowest BCUT2D eigenvalue weighted by Crippen LogP contribution is -2.15. The maximum absolute atomic E-state index is 12.2. The molecule has 0 fully saturated rings. The van der Waals surface area contributed by atoms with Gasteiger partial charge in [0.1, 0.15) is 12.6 Å². The summed E-state index contributed by atoms with van der Waals surface area (Å²) in [6.07, 6.45) is 4.00. The fourth-order valence-electron chi connectivity index (χ4n) is 3.87. The molecule has 0 radical (unpaired) electrons. The monoisotopic (exact) mass is 957 g/mol. The van der Waals surface area contributed by atoms with Gasteiger partial charge in [0.05, 0.1) is 47.6 Å². The minimum atomic E-state index is -3.75. The largest absolute Gasteiger partial charge is 0.478 e. The van der Waals surface area contributed by atoms with Gasteiger partial charge in [-0.2, -0.15) is 4.98 Å². The van der Waals surface area contributed by atoms with E-state index in [0.29, 0.717) is 20.1 Å². The van der Waals surface area contributed by atoms with E-state index in [4.69, 9.17) is 49.0 Å². The average Bonchev–Trinajstić information content (AvgIpc) is 3.93. The van der Waals surface area contributed by atoms with Crippen LogP contribution < -0.4 is 28.4 Å². The molecule has 0 aromatic carbocycles. The number of nitrogens with one attached hydrogen (secondary N) is 3. The second-order valence-electron chi connectivity index (χ2n) is 10.5. The van der Waals surface area contributed by atoms with Gasteiger partial charge >= 0.3 is 0 Å². The van der Waals surface area contributed by atoms with Crippen molar-refractivity contribution in [2.24, 2.45) is 0 Å². The van der Waals surface area contributed by atoms with Crippen molar-refractivity contribution >= 4 is 116 Å². The summed E-state index contributed by atoms with van der Waals surface area (Å²) >= 11 is 20.2. The summed E-state index contributed by atoms with van der Waals surface area (Å²) in [5, 5.41) is 0.117. The molecule has 6 rings (SSSR count). The molecule has 0 amide bonds. The Balaban J connectivity index is 0.000000190. The van der Waals surface area contributed by atoms with Crippen LogP contribution in [0.4, 0.5) is 17.5 Å². The highest BCUT2D eigenvalue weighted by Gasteiger charge is 2.23. The number of nitrogens with zero attached hydrogens (tertiary/aromatic N) is 6. The Kier molecular flexibility index (Phi) is 15.6. The summed E-state index contributed by atoms with van der Waals surface area (Å²) in [5.41, 5.74) is 1.29. The number of thiophene rings is 3. The Bertz CT molecular complexity index is 2680. The predicted octanol–water partition coefficient (Wildman–Crippen LogP) is 6.93. The molecule has 0 saturated carbocycles. The van der Waals surface area contributed by atoms with Crippen LogP contribution in [0.5, 0.6) is 17.6 Å². The van der Waals surface area contributed by atoms with E-state index in [-0.39, 0.29) is 52.9 Å². The highest BCUT2D eigenvalue weighted by molar-refractivity contribution is 7.95. The summed E-state index contributed by atoms with van der Waals surface area (Å²) < 4.78 is 95.7. The van der Waals surface area contributed by atoms with E-state index in [1.807, 2.05) is 6.92 Å². The first-order valence-electron chi connectivity index (χ1n) is 15.2. The minimum Gasteiger partial charge on any atom is -0.478 e. The quantitative estimate of drug-likeness (QED) is 0.113. The third kappa shape index (κ3) is 12.4. The Morgan fingerprint density at radius 2 is 0.965 bits per heavy atom. The van der Waals surface area contributed by atoms with Crippen molar-refractivity contribution in [2.75, 3.05) is 35.5 Å². The molecule has 57 heavy (non-hydrogen) atoms. The molecule has 6 aromatic rings. The number of halogens is 3. The number of rotatable bonds is 12. The molecule has 27 heteroatoms. The number of aryl methyl sites for hydroxylation is 3. The van der Waals surface area contributed by atoms with Crippen molar-refractivity contribution in [3.05, 3.63) is 85.1 Å². The number of anilines is 3. The number of sulfonamides is 3. The van der Waals surface area contributed by atoms with Gasteiger partial charge in [0, 0.05) is 17.3 Å². The fraction of sp³-hybridized carbons (Fsp3) is 0.200. The minimum absolute atomic E-state index is 0.00190. The van der Waals surface area contributed by atoms with Crippen LogP contribution in [-0.4, -0.2) is 76.5 Å². The maximum Gasteiger partial charge on any atom is 0.272 e. The summed E-state index contributed by atoms with van der Waals surface area (Å²) in [4.78, 5) is 24.6. The number of methoxy groups -OCH3 is 3. The fourth-order valence-corrected chi connectivity index (χ4v) is 11.3. The van der Waals surface area contributed by atoms with Crippen molar-refractivity contribution in [3.63, 3.8) is 0 Å². The van der Waals surface area contributed by atoms with E-state index >= 15 is 0 Å².